The summed E-state index contributed by atoms with van der Waals surface area (Å²) in [5, 5.41) is 51.7. The van der Waals surface area contributed by atoms with Crippen LogP contribution in [0.5, 0.6) is 0 Å². The number of hydrogen-bond donors (Lipinski definition) is 1. The second kappa shape index (κ2) is 23.4. The standard InChI is InChI=1S/C2H4O2.Co.3NO3/c1-2(3)4;;3*2-1(3)4/h1H3,(H,3,4);;;;/q;+3;3*-1. The van der Waals surface area contributed by atoms with Gasteiger partial charge in [0.2, 0.25) is 0 Å². The van der Waals surface area contributed by atoms with Gasteiger partial charge in [0.05, 0.1) is 15.3 Å². The third-order valence-corrected chi connectivity index (χ3v) is 0. The number of hydrogen-bond acceptors (Lipinski definition) is 10. The zero-order chi connectivity index (χ0) is 14.3. The fraction of sp³-hybridized carbons (Fsp3) is 0.500. The van der Waals surface area contributed by atoms with Crippen LogP contribution in [0, 0.1) is 46.0 Å². The molecule has 0 unspecified atom stereocenters. The van der Waals surface area contributed by atoms with E-state index in [1.807, 2.05) is 0 Å². The van der Waals surface area contributed by atoms with Crippen molar-refractivity contribution in [3.8, 4) is 0 Å². The van der Waals surface area contributed by atoms with Crippen molar-refractivity contribution in [2.24, 2.45) is 0 Å². The van der Waals surface area contributed by atoms with Gasteiger partial charge in [0.1, 0.15) is 0 Å². The molecule has 102 valence electrons. The van der Waals surface area contributed by atoms with Crippen LogP contribution in [0.4, 0.5) is 0 Å². The Labute approximate surface area is 102 Å². The number of nitrogens with zero attached hydrogens (tertiary/aromatic N) is 3. The first-order chi connectivity index (χ1) is 6.93. The van der Waals surface area contributed by atoms with Gasteiger partial charge in [-0.1, -0.05) is 0 Å². The van der Waals surface area contributed by atoms with Gasteiger partial charge in [0, 0.05) is 6.92 Å². The Bertz CT molecular complexity index is 165. The summed E-state index contributed by atoms with van der Waals surface area (Å²) in [6, 6.07) is 0. The van der Waals surface area contributed by atoms with E-state index in [0.717, 1.165) is 6.92 Å². The molecule has 0 amide bonds. The molecule has 0 aliphatic heterocycles. The van der Waals surface area contributed by atoms with E-state index < -0.39 is 21.2 Å². The number of carboxylic acids is 1. The quantitative estimate of drug-likeness (QED) is 0.436. The maximum atomic E-state index is 9.00. The Morgan fingerprint density at radius 1 is 0.824 bits per heavy atom. The molecule has 0 radical (unpaired) electrons. The van der Waals surface area contributed by atoms with E-state index in [9.17, 15) is 0 Å². The van der Waals surface area contributed by atoms with Crippen LogP contribution in [0.2, 0.25) is 0 Å². The van der Waals surface area contributed by atoms with Crippen molar-refractivity contribution in [3.63, 3.8) is 0 Å². The van der Waals surface area contributed by atoms with Gasteiger partial charge >= 0.3 is 16.8 Å². The molecule has 0 heterocycles. The molecular weight excluding hydrogens is 301 g/mol. The molecule has 0 bridgehead atoms. The van der Waals surface area contributed by atoms with Gasteiger partial charge in [-0.25, -0.2) is 0 Å². The third-order valence-electron chi connectivity index (χ3n) is 0. The molecule has 0 atom stereocenters. The molecule has 0 saturated carbocycles. The largest absolute Gasteiger partial charge is 3.00 e. The smallest absolute Gasteiger partial charge is 0.481 e. The summed E-state index contributed by atoms with van der Waals surface area (Å²) in [5.41, 5.74) is 0. The Hall–Kier alpha value is -2.42. The molecular formula is C2H4CoN3O11. The van der Waals surface area contributed by atoms with E-state index in [4.69, 9.17) is 55.9 Å². The van der Waals surface area contributed by atoms with Gasteiger partial charge in [0.25, 0.3) is 5.97 Å². The van der Waals surface area contributed by atoms with Crippen molar-refractivity contribution < 1.29 is 41.9 Å². The van der Waals surface area contributed by atoms with Gasteiger partial charge in [-0.2, -0.15) is 0 Å². The number of carboxylic acid groups (broad SMARTS) is 1. The van der Waals surface area contributed by atoms with Gasteiger partial charge in [-0.15, -0.1) is 0 Å². The molecule has 0 aromatic carbocycles. The molecule has 0 spiro atoms. The summed E-state index contributed by atoms with van der Waals surface area (Å²) in [6.45, 7) is 1.08. The molecule has 0 aromatic heterocycles. The average molecular weight is 305 g/mol. The predicted molar refractivity (Wildman–Crippen MR) is 44.4 cm³/mol. The van der Waals surface area contributed by atoms with Crippen LogP contribution in [0.25, 0.3) is 0 Å². The Morgan fingerprint density at radius 2 is 0.824 bits per heavy atom. The molecule has 17 heavy (non-hydrogen) atoms. The van der Waals surface area contributed by atoms with E-state index in [-0.39, 0.29) is 16.8 Å². The number of rotatable bonds is 0. The minimum absolute atomic E-state index is 0. The van der Waals surface area contributed by atoms with Crippen molar-refractivity contribution in [1.82, 2.24) is 0 Å². The summed E-state index contributed by atoms with van der Waals surface area (Å²) in [6.07, 6.45) is 0. The van der Waals surface area contributed by atoms with E-state index in [0.29, 0.717) is 0 Å². The Morgan fingerprint density at radius 3 is 0.824 bits per heavy atom. The second-order valence-electron chi connectivity index (χ2n) is 1.19. The normalized spacial score (nSPS) is 5.71. The summed E-state index contributed by atoms with van der Waals surface area (Å²) in [5.74, 6) is -0.833. The first-order valence-corrected chi connectivity index (χ1v) is 2.57. The molecule has 0 aromatic rings. The third kappa shape index (κ3) is 310. The summed E-state index contributed by atoms with van der Waals surface area (Å²) in [4.78, 5) is 33.8. The predicted octanol–water partition coefficient (Wildman–Crippen LogP) is -0.629. The molecule has 0 saturated heterocycles. The van der Waals surface area contributed by atoms with Gasteiger partial charge in [-0.3, -0.25) is 4.79 Å². The van der Waals surface area contributed by atoms with E-state index in [2.05, 4.69) is 0 Å². The molecule has 15 heteroatoms. The molecule has 14 nitrogen and oxygen atoms in total. The second-order valence-corrected chi connectivity index (χ2v) is 1.19. The average Bonchev–Trinajstić information content (AvgIpc) is 1.76. The minimum Gasteiger partial charge on any atom is -0.481 e. The van der Waals surface area contributed by atoms with Crippen molar-refractivity contribution in [2.75, 3.05) is 0 Å². The monoisotopic (exact) mass is 305 g/mol. The first kappa shape index (κ1) is 29.3. The van der Waals surface area contributed by atoms with Crippen LogP contribution in [-0.4, -0.2) is 26.3 Å². The van der Waals surface area contributed by atoms with Crippen molar-refractivity contribution >= 4 is 5.97 Å². The van der Waals surface area contributed by atoms with Crippen LogP contribution in [0.3, 0.4) is 0 Å². The maximum absolute atomic E-state index is 9.00. The fourth-order valence-electron chi connectivity index (χ4n) is 0. The Balaban J connectivity index is -0.0000000369. The van der Waals surface area contributed by atoms with Crippen molar-refractivity contribution in [3.05, 3.63) is 46.0 Å². The first-order valence-electron chi connectivity index (χ1n) is 2.57. The topological polar surface area (TPSA) is 236 Å². The Kier molecular flexibility index (Phi) is 40.4. The van der Waals surface area contributed by atoms with Gasteiger partial charge in [-0.05, 0) is 0 Å². The van der Waals surface area contributed by atoms with Crippen LogP contribution in [0.1, 0.15) is 6.92 Å². The van der Waals surface area contributed by atoms with Crippen LogP contribution in [-0.2, 0) is 21.6 Å². The van der Waals surface area contributed by atoms with Gasteiger partial charge in [0.15, 0.2) is 0 Å². The summed E-state index contributed by atoms with van der Waals surface area (Å²) in [7, 11) is 0. The van der Waals surface area contributed by atoms with Crippen molar-refractivity contribution in [2.45, 2.75) is 6.92 Å². The zero-order valence-electron chi connectivity index (χ0n) is 7.70. The minimum atomic E-state index is -1.75. The number of aliphatic carboxylic acids is 1. The van der Waals surface area contributed by atoms with Crippen molar-refractivity contribution in [1.29, 1.82) is 0 Å². The zero-order valence-corrected chi connectivity index (χ0v) is 8.75. The molecule has 0 aliphatic rings. The fourth-order valence-corrected chi connectivity index (χ4v) is 0. The van der Waals surface area contributed by atoms with E-state index >= 15 is 0 Å². The van der Waals surface area contributed by atoms with Crippen LogP contribution in [0.15, 0.2) is 0 Å². The number of carbonyl (C=O) groups is 1. The molecule has 0 aliphatic carbocycles. The van der Waals surface area contributed by atoms with Crippen LogP contribution >= 0.6 is 0 Å². The molecule has 0 fully saturated rings. The maximum Gasteiger partial charge on any atom is 3.00 e. The summed E-state index contributed by atoms with van der Waals surface area (Å²) < 4.78 is 0. The van der Waals surface area contributed by atoms with Gasteiger partial charge < -0.3 is 51.1 Å². The SMILES string of the molecule is CC(=O)O.O=[N+]([O-])[O-].O=[N+]([O-])[O-].O=[N+]([O-])[O-].[Co+3]. The molecule has 0 rings (SSSR count). The van der Waals surface area contributed by atoms with E-state index in [1.165, 1.54) is 0 Å². The van der Waals surface area contributed by atoms with E-state index in [1.54, 1.807) is 0 Å². The van der Waals surface area contributed by atoms with Crippen LogP contribution < -0.4 is 0 Å². The molecule has 1 N–H and O–H groups in total. The summed E-state index contributed by atoms with van der Waals surface area (Å²) >= 11 is 0.